The fraction of sp³-hybridized carbons (Fsp3) is 0.450. The lowest BCUT2D eigenvalue weighted by Gasteiger charge is -2.22. The summed E-state index contributed by atoms with van der Waals surface area (Å²) >= 11 is 0. The Balaban J connectivity index is 0.00000225. The first-order valence-corrected chi connectivity index (χ1v) is 8.86. The van der Waals surface area contributed by atoms with E-state index < -0.39 is 6.10 Å². The first kappa shape index (κ1) is 19.7. The molecule has 136 valence electrons. The third-order valence-electron chi connectivity index (χ3n) is 4.89. The highest BCUT2D eigenvalue weighted by Gasteiger charge is 2.15. The maximum absolute atomic E-state index is 12.0. The van der Waals surface area contributed by atoms with Crippen molar-refractivity contribution >= 4 is 29.1 Å². The molecule has 0 radical (unpaired) electrons. The molecule has 1 unspecified atom stereocenters. The molecule has 1 fully saturated rings. The zero-order chi connectivity index (χ0) is 16.8. The number of carbonyl (C=O) groups is 1. The molecule has 4 nitrogen and oxygen atoms in total. The van der Waals surface area contributed by atoms with Crippen LogP contribution < -0.4 is 10.6 Å². The molecule has 1 aliphatic rings. The van der Waals surface area contributed by atoms with Gasteiger partial charge >= 0.3 is 0 Å². The van der Waals surface area contributed by atoms with Crippen LogP contribution in [0.4, 0.5) is 0 Å². The molecular weight excluding hydrogens is 336 g/mol. The highest BCUT2D eigenvalue weighted by molar-refractivity contribution is 5.85. The Morgan fingerprint density at radius 1 is 1.16 bits per heavy atom. The second-order valence-corrected chi connectivity index (χ2v) is 6.66. The Morgan fingerprint density at radius 3 is 2.64 bits per heavy atom. The average Bonchev–Trinajstić information content (AvgIpc) is 2.65. The van der Waals surface area contributed by atoms with Gasteiger partial charge in [-0.05, 0) is 60.7 Å². The van der Waals surface area contributed by atoms with Gasteiger partial charge in [-0.1, -0.05) is 36.4 Å². The standard InChI is InChI=1S/C20H26N2O2.ClH/c23-19(18-7-6-16-3-1-2-4-17(16)13-18)14-22-20(24)8-5-15-9-11-21-12-10-15;/h1-4,6-7,13,15,19,21,23H,5,8-12,14H2,(H,22,24);1H. The number of carbonyl (C=O) groups excluding carboxylic acids is 1. The normalized spacial score (nSPS) is 16.2. The first-order chi connectivity index (χ1) is 11.7. The number of aliphatic hydroxyl groups excluding tert-OH is 1. The van der Waals surface area contributed by atoms with Crippen LogP contribution in [-0.2, 0) is 4.79 Å². The van der Waals surface area contributed by atoms with Crippen LogP contribution in [0, 0.1) is 5.92 Å². The van der Waals surface area contributed by atoms with Gasteiger partial charge in [0.2, 0.25) is 5.91 Å². The van der Waals surface area contributed by atoms with Gasteiger partial charge in [-0.25, -0.2) is 0 Å². The van der Waals surface area contributed by atoms with Crippen LogP contribution in [0.25, 0.3) is 10.8 Å². The molecule has 0 bridgehead atoms. The Labute approximate surface area is 155 Å². The number of piperidine rings is 1. The van der Waals surface area contributed by atoms with E-state index in [1.165, 1.54) is 0 Å². The van der Waals surface area contributed by atoms with Crippen molar-refractivity contribution in [2.24, 2.45) is 5.92 Å². The number of halogens is 1. The van der Waals surface area contributed by atoms with E-state index >= 15 is 0 Å². The van der Waals surface area contributed by atoms with Crippen LogP contribution in [0.5, 0.6) is 0 Å². The van der Waals surface area contributed by atoms with Gasteiger partial charge in [0.15, 0.2) is 0 Å². The minimum atomic E-state index is -0.669. The van der Waals surface area contributed by atoms with Crippen molar-refractivity contribution in [2.75, 3.05) is 19.6 Å². The molecule has 1 aliphatic heterocycles. The number of hydrogen-bond acceptors (Lipinski definition) is 3. The molecule has 25 heavy (non-hydrogen) atoms. The topological polar surface area (TPSA) is 61.4 Å². The summed E-state index contributed by atoms with van der Waals surface area (Å²) in [7, 11) is 0. The molecular formula is C20H27ClN2O2. The summed E-state index contributed by atoms with van der Waals surface area (Å²) in [6.07, 6.45) is 3.15. The number of nitrogens with one attached hydrogen (secondary N) is 2. The number of fused-ring (bicyclic) bond motifs is 1. The van der Waals surface area contributed by atoms with E-state index in [4.69, 9.17) is 0 Å². The molecule has 1 heterocycles. The molecule has 1 amide bonds. The number of aliphatic hydroxyl groups is 1. The lowest BCUT2D eigenvalue weighted by molar-refractivity contribution is -0.121. The zero-order valence-electron chi connectivity index (χ0n) is 14.4. The van der Waals surface area contributed by atoms with Crippen LogP contribution in [-0.4, -0.2) is 30.6 Å². The molecule has 0 aromatic heterocycles. The van der Waals surface area contributed by atoms with E-state index in [1.807, 2.05) is 42.5 Å². The number of benzene rings is 2. The quantitative estimate of drug-likeness (QED) is 0.739. The van der Waals surface area contributed by atoms with Crippen molar-refractivity contribution in [3.63, 3.8) is 0 Å². The smallest absolute Gasteiger partial charge is 0.220 e. The SMILES string of the molecule is Cl.O=C(CCC1CCNCC1)NCC(O)c1ccc2ccccc2c1. The maximum Gasteiger partial charge on any atom is 0.220 e. The van der Waals surface area contributed by atoms with Crippen LogP contribution >= 0.6 is 12.4 Å². The maximum atomic E-state index is 12.0. The van der Waals surface area contributed by atoms with Crippen molar-refractivity contribution in [1.82, 2.24) is 10.6 Å². The summed E-state index contributed by atoms with van der Waals surface area (Å²) in [5.74, 6) is 0.691. The van der Waals surface area contributed by atoms with E-state index in [2.05, 4.69) is 10.6 Å². The van der Waals surface area contributed by atoms with Gasteiger partial charge in [0.1, 0.15) is 0 Å². The van der Waals surface area contributed by atoms with Gasteiger partial charge in [-0.3, -0.25) is 4.79 Å². The predicted molar refractivity (Wildman–Crippen MR) is 104 cm³/mol. The van der Waals surface area contributed by atoms with Crippen molar-refractivity contribution in [3.05, 3.63) is 48.0 Å². The number of hydrogen-bond donors (Lipinski definition) is 3. The first-order valence-electron chi connectivity index (χ1n) is 8.86. The molecule has 2 aromatic carbocycles. The Bertz CT molecular complexity index is 686. The molecule has 0 spiro atoms. The van der Waals surface area contributed by atoms with E-state index in [9.17, 15) is 9.90 Å². The van der Waals surface area contributed by atoms with Gasteiger partial charge in [-0.15, -0.1) is 12.4 Å². The fourth-order valence-corrected chi connectivity index (χ4v) is 3.34. The van der Waals surface area contributed by atoms with Crippen molar-refractivity contribution in [2.45, 2.75) is 31.8 Å². The van der Waals surface area contributed by atoms with Crippen molar-refractivity contribution < 1.29 is 9.90 Å². The minimum Gasteiger partial charge on any atom is -0.387 e. The van der Waals surface area contributed by atoms with E-state index in [0.29, 0.717) is 12.3 Å². The van der Waals surface area contributed by atoms with E-state index in [1.54, 1.807) is 0 Å². The second-order valence-electron chi connectivity index (χ2n) is 6.66. The largest absolute Gasteiger partial charge is 0.387 e. The highest BCUT2D eigenvalue weighted by atomic mass is 35.5. The molecule has 0 aliphatic carbocycles. The Kier molecular flexibility index (Phi) is 7.69. The number of rotatable bonds is 6. The summed E-state index contributed by atoms with van der Waals surface area (Å²) in [5.41, 5.74) is 0.840. The lowest BCUT2D eigenvalue weighted by atomic mass is 9.93. The zero-order valence-corrected chi connectivity index (χ0v) is 15.2. The second kappa shape index (κ2) is 9.76. The molecule has 5 heteroatoms. The van der Waals surface area contributed by atoms with Crippen molar-refractivity contribution in [1.29, 1.82) is 0 Å². The van der Waals surface area contributed by atoms with Gasteiger partial charge in [0, 0.05) is 13.0 Å². The average molecular weight is 363 g/mol. The third kappa shape index (κ3) is 5.70. The molecule has 3 N–H and O–H groups in total. The summed E-state index contributed by atoms with van der Waals surface area (Å²) in [6, 6.07) is 14.0. The monoisotopic (exact) mass is 362 g/mol. The summed E-state index contributed by atoms with van der Waals surface area (Å²) in [4.78, 5) is 12.0. The van der Waals surface area contributed by atoms with Crippen molar-refractivity contribution in [3.8, 4) is 0 Å². The molecule has 1 saturated heterocycles. The highest BCUT2D eigenvalue weighted by Crippen LogP contribution is 2.20. The Hall–Kier alpha value is -1.62. The van der Waals surface area contributed by atoms with Crippen LogP contribution in [0.15, 0.2) is 42.5 Å². The lowest BCUT2D eigenvalue weighted by Crippen LogP contribution is -2.31. The van der Waals surface area contributed by atoms with Gasteiger partial charge < -0.3 is 15.7 Å². The number of amides is 1. The third-order valence-corrected chi connectivity index (χ3v) is 4.89. The van der Waals surface area contributed by atoms with Gasteiger partial charge in [-0.2, -0.15) is 0 Å². The fourth-order valence-electron chi connectivity index (χ4n) is 3.34. The Morgan fingerprint density at radius 2 is 1.88 bits per heavy atom. The predicted octanol–water partition coefficient (Wildman–Crippen LogP) is 3.19. The molecule has 0 saturated carbocycles. The molecule has 1 atom stereocenters. The van der Waals surface area contributed by atoms with Gasteiger partial charge in [0.05, 0.1) is 6.10 Å². The summed E-state index contributed by atoms with van der Waals surface area (Å²) < 4.78 is 0. The van der Waals surface area contributed by atoms with Gasteiger partial charge in [0.25, 0.3) is 0 Å². The molecule has 2 aromatic rings. The van der Waals surface area contributed by atoms with E-state index in [-0.39, 0.29) is 24.9 Å². The van der Waals surface area contributed by atoms with Crippen LogP contribution in [0.1, 0.15) is 37.4 Å². The summed E-state index contributed by atoms with van der Waals surface area (Å²) in [5, 5.41) is 18.8. The summed E-state index contributed by atoms with van der Waals surface area (Å²) in [6.45, 7) is 2.39. The molecule has 3 rings (SSSR count). The minimum absolute atomic E-state index is 0. The van der Waals surface area contributed by atoms with Crippen LogP contribution in [0.2, 0.25) is 0 Å². The van der Waals surface area contributed by atoms with E-state index in [0.717, 1.165) is 48.7 Å². The van der Waals surface area contributed by atoms with Crippen LogP contribution in [0.3, 0.4) is 0 Å².